The molecule has 2 aromatic rings. The molecule has 0 radical (unpaired) electrons. The molecule has 2 unspecified atom stereocenters. The number of hydrogen-bond acceptors (Lipinski definition) is 5. The van der Waals surface area contributed by atoms with Crippen molar-refractivity contribution in [2.24, 2.45) is 0 Å². The van der Waals surface area contributed by atoms with Crippen LogP contribution in [0.5, 0.6) is 0 Å². The third-order valence-electron chi connectivity index (χ3n) is 3.37. The Balaban J connectivity index is 2.03. The highest BCUT2D eigenvalue weighted by Crippen LogP contribution is 2.32. The summed E-state index contributed by atoms with van der Waals surface area (Å²) >= 11 is 6.02. The fourth-order valence-corrected chi connectivity index (χ4v) is 2.59. The smallest absolute Gasteiger partial charge is 0.165 e. The molecule has 1 fully saturated rings. The molecule has 7 heteroatoms. The molecule has 2 aromatic heterocycles. The second-order valence-electron chi connectivity index (χ2n) is 4.54. The molecular weight excluding hydrogens is 268 g/mol. The van der Waals surface area contributed by atoms with Crippen LogP contribution in [0.4, 0.5) is 5.69 Å². The van der Waals surface area contributed by atoms with Crippen molar-refractivity contribution < 1.29 is 9.84 Å². The van der Waals surface area contributed by atoms with Crippen molar-refractivity contribution in [2.45, 2.75) is 25.2 Å². The van der Waals surface area contributed by atoms with Crippen LogP contribution in [0, 0.1) is 0 Å². The summed E-state index contributed by atoms with van der Waals surface area (Å²) in [5, 5.41) is 12.6. The van der Waals surface area contributed by atoms with Gasteiger partial charge in [-0.1, -0.05) is 11.6 Å². The Labute approximate surface area is 115 Å². The normalized spacial score (nSPS) is 23.1. The van der Waals surface area contributed by atoms with Crippen LogP contribution in [0.15, 0.2) is 12.4 Å². The summed E-state index contributed by atoms with van der Waals surface area (Å²) in [6.07, 6.45) is 3.13. The van der Waals surface area contributed by atoms with Gasteiger partial charge in [-0.25, -0.2) is 9.97 Å². The van der Waals surface area contributed by atoms with Crippen LogP contribution in [0.3, 0.4) is 0 Å². The van der Waals surface area contributed by atoms with Gasteiger partial charge in [-0.3, -0.25) is 4.57 Å². The summed E-state index contributed by atoms with van der Waals surface area (Å²) < 4.78 is 7.62. The van der Waals surface area contributed by atoms with Gasteiger partial charge in [-0.15, -0.1) is 0 Å². The highest BCUT2D eigenvalue weighted by atomic mass is 35.5. The lowest BCUT2D eigenvalue weighted by atomic mass is 10.2. The Hall–Kier alpha value is -1.37. The minimum atomic E-state index is -0.141. The third kappa shape index (κ3) is 2.16. The molecule has 3 heterocycles. The van der Waals surface area contributed by atoms with Gasteiger partial charge in [0.2, 0.25) is 0 Å². The quantitative estimate of drug-likeness (QED) is 0.840. The van der Waals surface area contributed by atoms with E-state index < -0.39 is 0 Å². The van der Waals surface area contributed by atoms with Crippen LogP contribution in [-0.2, 0) is 4.74 Å². The first-order valence-electron chi connectivity index (χ1n) is 6.20. The van der Waals surface area contributed by atoms with E-state index in [2.05, 4.69) is 15.3 Å². The highest BCUT2D eigenvalue weighted by molar-refractivity contribution is 6.30. The summed E-state index contributed by atoms with van der Waals surface area (Å²) in [5.41, 5.74) is 2.30. The number of nitrogens with one attached hydrogen (secondary N) is 1. The molecule has 1 aliphatic rings. The number of nitrogens with zero attached hydrogens (tertiary/aromatic N) is 3. The Morgan fingerprint density at radius 2 is 2.42 bits per heavy atom. The van der Waals surface area contributed by atoms with Crippen LogP contribution in [0.1, 0.15) is 19.1 Å². The molecule has 0 aliphatic carbocycles. The summed E-state index contributed by atoms with van der Waals surface area (Å²) in [6.45, 7) is 0.0408. The predicted octanol–water partition coefficient (Wildman–Crippen LogP) is 1.80. The summed E-state index contributed by atoms with van der Waals surface area (Å²) in [6, 6.07) is 1.74. The molecule has 102 valence electrons. The molecule has 0 spiro atoms. The molecule has 1 aliphatic heterocycles. The maximum absolute atomic E-state index is 9.12. The molecule has 2 atom stereocenters. The number of anilines is 1. The minimum absolute atomic E-state index is 0.0408. The maximum atomic E-state index is 9.12. The van der Waals surface area contributed by atoms with Crippen molar-refractivity contribution in [3.8, 4) is 0 Å². The molecule has 0 aromatic carbocycles. The van der Waals surface area contributed by atoms with Crippen LogP contribution in [0.25, 0.3) is 11.2 Å². The van der Waals surface area contributed by atoms with E-state index in [4.69, 9.17) is 21.4 Å². The number of rotatable bonds is 3. The number of ether oxygens (including phenoxy) is 1. The zero-order valence-corrected chi connectivity index (χ0v) is 11.3. The van der Waals surface area contributed by atoms with Gasteiger partial charge in [0.25, 0.3) is 0 Å². The molecule has 3 rings (SSSR count). The van der Waals surface area contributed by atoms with Crippen molar-refractivity contribution in [3.63, 3.8) is 0 Å². The van der Waals surface area contributed by atoms with Gasteiger partial charge in [0.05, 0.1) is 24.7 Å². The van der Waals surface area contributed by atoms with Crippen LogP contribution in [0.2, 0.25) is 5.15 Å². The number of pyridine rings is 1. The van der Waals surface area contributed by atoms with Gasteiger partial charge in [-0.05, 0) is 12.8 Å². The van der Waals surface area contributed by atoms with Crippen molar-refractivity contribution in [1.82, 2.24) is 14.5 Å². The minimum Gasteiger partial charge on any atom is -0.394 e. The van der Waals surface area contributed by atoms with Gasteiger partial charge in [0.1, 0.15) is 16.9 Å². The number of fused-ring (bicyclic) bond motifs is 1. The van der Waals surface area contributed by atoms with Gasteiger partial charge in [0.15, 0.2) is 5.65 Å². The van der Waals surface area contributed by atoms with Crippen molar-refractivity contribution in [2.75, 3.05) is 19.0 Å². The molecule has 6 nitrogen and oxygen atoms in total. The molecule has 2 N–H and O–H groups in total. The van der Waals surface area contributed by atoms with E-state index in [0.29, 0.717) is 10.8 Å². The summed E-state index contributed by atoms with van der Waals surface area (Å²) in [4.78, 5) is 8.69. The number of aromatic nitrogens is 3. The first-order valence-corrected chi connectivity index (χ1v) is 6.58. The van der Waals surface area contributed by atoms with Gasteiger partial charge < -0.3 is 15.2 Å². The van der Waals surface area contributed by atoms with Crippen molar-refractivity contribution >= 4 is 28.5 Å². The average Bonchev–Trinajstić information content (AvgIpc) is 3.03. The lowest BCUT2D eigenvalue weighted by molar-refractivity contribution is -0.0207. The predicted molar refractivity (Wildman–Crippen MR) is 72.3 cm³/mol. The van der Waals surface area contributed by atoms with Crippen LogP contribution >= 0.6 is 11.6 Å². The molecule has 1 saturated heterocycles. The number of aliphatic hydroxyl groups excluding tert-OH is 1. The van der Waals surface area contributed by atoms with E-state index in [1.807, 2.05) is 11.6 Å². The molecule has 0 amide bonds. The van der Waals surface area contributed by atoms with E-state index >= 15 is 0 Å². The van der Waals surface area contributed by atoms with Gasteiger partial charge in [-0.2, -0.15) is 0 Å². The molecule has 0 bridgehead atoms. The SMILES string of the molecule is CNc1cc(Cl)nc2c1ncn2C1CCC(CO)O1. The second-order valence-corrected chi connectivity index (χ2v) is 4.93. The van der Waals surface area contributed by atoms with E-state index in [1.165, 1.54) is 0 Å². The zero-order chi connectivity index (χ0) is 13.4. The fourth-order valence-electron chi connectivity index (χ4n) is 2.40. The standard InChI is InChI=1S/C12H15ClN4O2/c1-14-8-4-9(13)16-12-11(8)15-6-17(12)10-3-2-7(5-18)19-10/h4,6-7,10,18H,2-3,5H2,1H3,(H,14,16). The molecular formula is C12H15ClN4O2. The molecule has 0 saturated carbocycles. The largest absolute Gasteiger partial charge is 0.394 e. The van der Waals surface area contributed by atoms with Gasteiger partial charge in [0, 0.05) is 13.1 Å². The lowest BCUT2D eigenvalue weighted by Gasteiger charge is -2.14. The van der Waals surface area contributed by atoms with E-state index in [1.54, 1.807) is 12.4 Å². The van der Waals surface area contributed by atoms with E-state index in [-0.39, 0.29) is 18.9 Å². The van der Waals surface area contributed by atoms with E-state index in [9.17, 15) is 0 Å². The van der Waals surface area contributed by atoms with Crippen LogP contribution in [-0.4, -0.2) is 39.4 Å². The summed E-state index contributed by atoms with van der Waals surface area (Å²) in [7, 11) is 1.82. The second kappa shape index (κ2) is 4.96. The van der Waals surface area contributed by atoms with Gasteiger partial charge >= 0.3 is 0 Å². The zero-order valence-electron chi connectivity index (χ0n) is 10.5. The highest BCUT2D eigenvalue weighted by Gasteiger charge is 2.27. The Morgan fingerprint density at radius 3 is 3.11 bits per heavy atom. The van der Waals surface area contributed by atoms with Crippen LogP contribution < -0.4 is 5.32 Å². The third-order valence-corrected chi connectivity index (χ3v) is 3.56. The topological polar surface area (TPSA) is 72.2 Å². The first-order chi connectivity index (χ1) is 9.22. The van der Waals surface area contributed by atoms with Crippen molar-refractivity contribution in [1.29, 1.82) is 0 Å². The number of aliphatic hydroxyl groups is 1. The maximum Gasteiger partial charge on any atom is 0.165 e. The van der Waals surface area contributed by atoms with Crippen molar-refractivity contribution in [3.05, 3.63) is 17.5 Å². The monoisotopic (exact) mass is 282 g/mol. The Kier molecular flexibility index (Phi) is 3.30. The number of hydrogen-bond donors (Lipinski definition) is 2. The first kappa shape index (κ1) is 12.7. The lowest BCUT2D eigenvalue weighted by Crippen LogP contribution is -2.14. The fraction of sp³-hybridized carbons (Fsp3) is 0.500. The Bertz CT molecular complexity index is 601. The molecule has 19 heavy (non-hydrogen) atoms. The van der Waals surface area contributed by atoms with E-state index in [0.717, 1.165) is 24.0 Å². The number of imidazole rings is 1. The average molecular weight is 283 g/mol. The number of halogens is 1. The Morgan fingerprint density at radius 1 is 1.58 bits per heavy atom. The summed E-state index contributed by atoms with van der Waals surface area (Å²) in [5.74, 6) is 0.